The van der Waals surface area contributed by atoms with Crippen molar-refractivity contribution in [2.75, 3.05) is 20.1 Å². The van der Waals surface area contributed by atoms with Crippen LogP contribution in [-0.4, -0.2) is 31.2 Å². The zero-order valence-electron chi connectivity index (χ0n) is 9.74. The molecule has 1 atom stereocenters. The van der Waals surface area contributed by atoms with Gasteiger partial charge in [-0.05, 0) is 17.7 Å². The highest BCUT2D eigenvalue weighted by molar-refractivity contribution is 9.10. The number of carbonyl (C=O) groups is 1. The zero-order chi connectivity index (χ0) is 12.7. The van der Waals surface area contributed by atoms with Crippen LogP contribution < -0.4 is 10.6 Å². The zero-order valence-corrected chi connectivity index (χ0v) is 11.3. The summed E-state index contributed by atoms with van der Waals surface area (Å²) in [4.78, 5) is 11.0. The normalized spacial score (nSPS) is 12.2. The molecular formula is C12H17BrN2O2. The van der Waals surface area contributed by atoms with Crippen molar-refractivity contribution < 1.29 is 9.90 Å². The fourth-order valence-corrected chi connectivity index (χ4v) is 1.81. The number of benzene rings is 1. The SMILES string of the molecule is CNC(=O)CCNCC(O)c1cccc(Br)c1. The van der Waals surface area contributed by atoms with E-state index in [-0.39, 0.29) is 5.91 Å². The fraction of sp³-hybridized carbons (Fsp3) is 0.417. The first-order valence-corrected chi connectivity index (χ1v) is 6.27. The second kappa shape index (κ2) is 7.42. The second-order valence-corrected chi connectivity index (χ2v) is 4.61. The van der Waals surface area contributed by atoms with Crippen LogP contribution in [0.2, 0.25) is 0 Å². The smallest absolute Gasteiger partial charge is 0.221 e. The molecule has 0 saturated heterocycles. The van der Waals surface area contributed by atoms with Gasteiger partial charge in [0.15, 0.2) is 0 Å². The molecule has 0 radical (unpaired) electrons. The molecule has 1 unspecified atom stereocenters. The van der Waals surface area contributed by atoms with Gasteiger partial charge in [0.05, 0.1) is 6.10 Å². The standard InChI is InChI=1S/C12H17BrN2O2/c1-14-12(17)5-6-15-8-11(16)9-3-2-4-10(13)7-9/h2-4,7,11,15-16H,5-6,8H2,1H3,(H,14,17). The molecule has 0 aliphatic rings. The predicted octanol–water partition coefficient (Wildman–Crippen LogP) is 1.21. The maximum atomic E-state index is 11.0. The molecule has 0 fully saturated rings. The Morgan fingerprint density at radius 3 is 2.94 bits per heavy atom. The highest BCUT2D eigenvalue weighted by Crippen LogP contribution is 2.17. The quantitative estimate of drug-likeness (QED) is 0.692. The van der Waals surface area contributed by atoms with E-state index in [0.29, 0.717) is 19.5 Å². The molecule has 1 rings (SSSR count). The van der Waals surface area contributed by atoms with E-state index in [1.165, 1.54) is 0 Å². The molecule has 94 valence electrons. The minimum atomic E-state index is -0.558. The Balaban J connectivity index is 2.30. The molecule has 0 heterocycles. The molecule has 1 aromatic carbocycles. The number of amides is 1. The summed E-state index contributed by atoms with van der Waals surface area (Å²) in [6, 6.07) is 7.54. The molecule has 0 bridgehead atoms. The summed E-state index contributed by atoms with van der Waals surface area (Å²) >= 11 is 3.36. The Kier molecular flexibility index (Phi) is 6.18. The molecule has 0 spiro atoms. The van der Waals surface area contributed by atoms with Crippen LogP contribution >= 0.6 is 15.9 Å². The summed E-state index contributed by atoms with van der Waals surface area (Å²) in [6.45, 7) is 0.998. The van der Waals surface area contributed by atoms with E-state index >= 15 is 0 Å². The first-order valence-electron chi connectivity index (χ1n) is 5.48. The molecule has 3 N–H and O–H groups in total. The van der Waals surface area contributed by atoms with Crippen molar-refractivity contribution in [2.24, 2.45) is 0 Å². The van der Waals surface area contributed by atoms with Crippen LogP contribution in [0.3, 0.4) is 0 Å². The fourth-order valence-electron chi connectivity index (χ4n) is 1.40. The highest BCUT2D eigenvalue weighted by atomic mass is 79.9. The number of rotatable bonds is 6. The first kappa shape index (κ1) is 14.2. The number of hydrogen-bond acceptors (Lipinski definition) is 3. The molecule has 0 aliphatic carbocycles. The van der Waals surface area contributed by atoms with E-state index in [0.717, 1.165) is 10.0 Å². The van der Waals surface area contributed by atoms with Crippen molar-refractivity contribution in [1.29, 1.82) is 0 Å². The number of hydrogen-bond donors (Lipinski definition) is 3. The van der Waals surface area contributed by atoms with Gasteiger partial charge in [0.1, 0.15) is 0 Å². The van der Waals surface area contributed by atoms with Crippen molar-refractivity contribution >= 4 is 21.8 Å². The highest BCUT2D eigenvalue weighted by Gasteiger charge is 2.07. The summed E-state index contributed by atoms with van der Waals surface area (Å²) < 4.78 is 0.944. The van der Waals surface area contributed by atoms with Gasteiger partial charge in [-0.15, -0.1) is 0 Å². The second-order valence-electron chi connectivity index (χ2n) is 3.70. The van der Waals surface area contributed by atoms with E-state index in [2.05, 4.69) is 26.6 Å². The molecular weight excluding hydrogens is 284 g/mol. The Labute approximate surface area is 110 Å². The van der Waals surface area contributed by atoms with Gasteiger partial charge in [-0.25, -0.2) is 0 Å². The van der Waals surface area contributed by atoms with E-state index in [9.17, 15) is 9.90 Å². The number of aliphatic hydroxyl groups is 1. The van der Waals surface area contributed by atoms with Crippen molar-refractivity contribution in [3.8, 4) is 0 Å². The van der Waals surface area contributed by atoms with Gasteiger partial charge in [-0.1, -0.05) is 28.1 Å². The number of nitrogens with one attached hydrogen (secondary N) is 2. The molecule has 4 nitrogen and oxygen atoms in total. The molecule has 0 aliphatic heterocycles. The lowest BCUT2D eigenvalue weighted by Crippen LogP contribution is -2.27. The average molecular weight is 301 g/mol. The van der Waals surface area contributed by atoms with Crippen molar-refractivity contribution in [3.63, 3.8) is 0 Å². The van der Waals surface area contributed by atoms with Crippen LogP contribution in [0.5, 0.6) is 0 Å². The van der Waals surface area contributed by atoms with Crippen LogP contribution in [-0.2, 0) is 4.79 Å². The maximum Gasteiger partial charge on any atom is 0.221 e. The molecule has 17 heavy (non-hydrogen) atoms. The van der Waals surface area contributed by atoms with Gasteiger partial charge >= 0.3 is 0 Å². The Hall–Kier alpha value is -0.910. The third-order valence-corrected chi connectivity index (χ3v) is 2.87. The summed E-state index contributed by atoms with van der Waals surface area (Å²) in [6.07, 6.45) is -0.140. The van der Waals surface area contributed by atoms with Crippen molar-refractivity contribution in [1.82, 2.24) is 10.6 Å². The summed E-state index contributed by atoms with van der Waals surface area (Å²) in [5.74, 6) is -0.00514. The summed E-state index contributed by atoms with van der Waals surface area (Å²) in [5.41, 5.74) is 0.854. The van der Waals surface area contributed by atoms with Crippen LogP contribution in [0.1, 0.15) is 18.1 Å². The van der Waals surface area contributed by atoms with E-state index < -0.39 is 6.10 Å². The third-order valence-electron chi connectivity index (χ3n) is 2.38. The topological polar surface area (TPSA) is 61.4 Å². The van der Waals surface area contributed by atoms with Crippen LogP contribution in [0.15, 0.2) is 28.7 Å². The van der Waals surface area contributed by atoms with E-state index in [1.807, 2.05) is 24.3 Å². The molecule has 0 saturated carbocycles. The van der Waals surface area contributed by atoms with Gasteiger partial charge in [0.2, 0.25) is 5.91 Å². The largest absolute Gasteiger partial charge is 0.387 e. The van der Waals surface area contributed by atoms with Crippen molar-refractivity contribution in [3.05, 3.63) is 34.3 Å². The summed E-state index contributed by atoms with van der Waals surface area (Å²) in [7, 11) is 1.61. The maximum absolute atomic E-state index is 11.0. The molecule has 5 heteroatoms. The van der Waals surface area contributed by atoms with Crippen molar-refractivity contribution in [2.45, 2.75) is 12.5 Å². The molecule has 1 amide bonds. The number of halogens is 1. The van der Waals surface area contributed by atoms with Gasteiger partial charge in [-0.2, -0.15) is 0 Å². The van der Waals surface area contributed by atoms with Crippen LogP contribution in [0, 0.1) is 0 Å². The first-order chi connectivity index (χ1) is 8.13. The van der Waals surface area contributed by atoms with Gasteiger partial charge < -0.3 is 15.7 Å². The lowest BCUT2D eigenvalue weighted by molar-refractivity contribution is -0.120. The average Bonchev–Trinajstić information content (AvgIpc) is 2.34. The molecule has 0 aromatic heterocycles. The Bertz CT molecular complexity index is 371. The summed E-state index contributed by atoms with van der Waals surface area (Å²) in [5, 5.41) is 15.5. The minimum Gasteiger partial charge on any atom is -0.387 e. The predicted molar refractivity (Wildman–Crippen MR) is 70.7 cm³/mol. The third kappa shape index (κ3) is 5.30. The lowest BCUT2D eigenvalue weighted by Gasteiger charge is -2.12. The van der Waals surface area contributed by atoms with Crippen LogP contribution in [0.4, 0.5) is 0 Å². The Morgan fingerprint density at radius 2 is 2.29 bits per heavy atom. The van der Waals surface area contributed by atoms with Gasteiger partial charge in [0, 0.05) is 31.0 Å². The van der Waals surface area contributed by atoms with Gasteiger partial charge in [0.25, 0.3) is 0 Å². The van der Waals surface area contributed by atoms with E-state index in [4.69, 9.17) is 0 Å². The lowest BCUT2D eigenvalue weighted by atomic mass is 10.1. The number of aliphatic hydroxyl groups excluding tert-OH is 1. The monoisotopic (exact) mass is 300 g/mol. The molecule has 1 aromatic rings. The number of carbonyl (C=O) groups excluding carboxylic acids is 1. The van der Waals surface area contributed by atoms with Gasteiger partial charge in [-0.3, -0.25) is 4.79 Å². The minimum absolute atomic E-state index is 0.00514. The van der Waals surface area contributed by atoms with E-state index in [1.54, 1.807) is 7.05 Å². The van der Waals surface area contributed by atoms with Crippen LogP contribution in [0.25, 0.3) is 0 Å². The Morgan fingerprint density at radius 1 is 1.53 bits per heavy atom.